The minimum atomic E-state index is -0.236. The van der Waals surface area contributed by atoms with Gasteiger partial charge in [-0.1, -0.05) is 59.6 Å². The summed E-state index contributed by atoms with van der Waals surface area (Å²) in [4.78, 5) is 12.7. The number of benzene rings is 1. The molecule has 0 bridgehead atoms. The molecule has 0 radical (unpaired) electrons. The summed E-state index contributed by atoms with van der Waals surface area (Å²) >= 11 is 3.60. The molecule has 0 aromatic heterocycles. The fourth-order valence-electron chi connectivity index (χ4n) is 2.32. The van der Waals surface area contributed by atoms with Gasteiger partial charge in [-0.2, -0.15) is 0 Å². The van der Waals surface area contributed by atoms with E-state index in [9.17, 15) is 4.79 Å². The molecule has 1 fully saturated rings. The number of carbonyl (C=O) groups excluding carboxylic acids is 1. The Balaban J connectivity index is 1.93. The summed E-state index contributed by atoms with van der Waals surface area (Å²) in [5.41, 5.74) is 0.921. The summed E-state index contributed by atoms with van der Waals surface area (Å²) in [6, 6.07) is 10.1. The molecule has 0 saturated heterocycles. The number of nitrogens with one attached hydrogen (secondary N) is 1. The van der Waals surface area contributed by atoms with Crippen LogP contribution < -0.4 is 5.32 Å². The molecule has 2 rings (SSSR count). The molecule has 1 aliphatic rings. The molecule has 1 saturated carbocycles. The SMILES string of the molecule is CCCC(Br)CNC(=O)C1(c2ccccc2)CC1. The summed E-state index contributed by atoms with van der Waals surface area (Å²) in [6.45, 7) is 2.88. The average molecular weight is 310 g/mol. The van der Waals surface area contributed by atoms with E-state index in [1.54, 1.807) is 0 Å². The third-order valence-corrected chi connectivity index (χ3v) is 4.38. The van der Waals surface area contributed by atoms with Crippen molar-refractivity contribution in [1.82, 2.24) is 5.32 Å². The van der Waals surface area contributed by atoms with Crippen LogP contribution in [0.2, 0.25) is 0 Å². The van der Waals surface area contributed by atoms with Crippen LogP contribution in [0, 0.1) is 0 Å². The summed E-state index contributed by atoms with van der Waals surface area (Å²) in [6.07, 6.45) is 4.18. The predicted octanol–water partition coefficient (Wildman–Crippen LogP) is 3.40. The van der Waals surface area contributed by atoms with Gasteiger partial charge in [-0.25, -0.2) is 0 Å². The van der Waals surface area contributed by atoms with Gasteiger partial charge in [0.1, 0.15) is 0 Å². The Kier molecular flexibility index (Phi) is 4.44. The van der Waals surface area contributed by atoms with Gasteiger partial charge in [0.05, 0.1) is 5.41 Å². The topological polar surface area (TPSA) is 29.1 Å². The standard InChI is InChI=1S/C15H20BrNO/c1-2-6-13(16)11-17-14(18)15(9-10-15)12-7-4-3-5-8-12/h3-5,7-8,13H,2,6,9-11H2,1H3,(H,17,18). The van der Waals surface area contributed by atoms with E-state index < -0.39 is 0 Å². The first-order valence-electron chi connectivity index (χ1n) is 6.67. The van der Waals surface area contributed by atoms with Gasteiger partial charge in [0.25, 0.3) is 0 Å². The zero-order valence-corrected chi connectivity index (χ0v) is 12.4. The molecule has 3 heteroatoms. The van der Waals surface area contributed by atoms with E-state index >= 15 is 0 Å². The van der Waals surface area contributed by atoms with E-state index in [4.69, 9.17) is 0 Å². The Labute approximate surface area is 117 Å². The van der Waals surface area contributed by atoms with Crippen molar-refractivity contribution in [3.05, 3.63) is 35.9 Å². The molecule has 18 heavy (non-hydrogen) atoms. The lowest BCUT2D eigenvalue weighted by molar-refractivity contribution is -0.123. The lowest BCUT2D eigenvalue weighted by Gasteiger charge is -2.17. The van der Waals surface area contributed by atoms with Crippen molar-refractivity contribution < 1.29 is 4.79 Å². The third kappa shape index (κ3) is 2.94. The number of hydrogen-bond acceptors (Lipinski definition) is 1. The Morgan fingerprint density at radius 2 is 2.06 bits per heavy atom. The largest absolute Gasteiger partial charge is 0.354 e. The van der Waals surface area contributed by atoms with Crippen LogP contribution in [-0.2, 0) is 10.2 Å². The molecule has 2 nitrogen and oxygen atoms in total. The first kappa shape index (κ1) is 13.6. The van der Waals surface area contributed by atoms with E-state index in [-0.39, 0.29) is 11.3 Å². The Morgan fingerprint density at radius 3 is 2.61 bits per heavy atom. The van der Waals surface area contributed by atoms with Gasteiger partial charge < -0.3 is 5.32 Å². The van der Waals surface area contributed by atoms with Gasteiger partial charge in [0.2, 0.25) is 5.91 Å². The van der Waals surface area contributed by atoms with Crippen LogP contribution in [0.4, 0.5) is 0 Å². The van der Waals surface area contributed by atoms with Crippen LogP contribution in [0.5, 0.6) is 0 Å². The van der Waals surface area contributed by atoms with Crippen molar-refractivity contribution in [1.29, 1.82) is 0 Å². The Hall–Kier alpha value is -0.830. The molecule has 1 aromatic rings. The van der Waals surface area contributed by atoms with Gasteiger partial charge in [0, 0.05) is 11.4 Å². The average Bonchev–Trinajstić information content (AvgIpc) is 3.19. The molecule has 0 heterocycles. The maximum absolute atomic E-state index is 12.3. The zero-order chi connectivity index (χ0) is 13.0. The first-order chi connectivity index (χ1) is 8.69. The molecule has 0 aliphatic heterocycles. The molecule has 1 aromatic carbocycles. The number of carbonyl (C=O) groups is 1. The number of alkyl halides is 1. The highest BCUT2D eigenvalue weighted by atomic mass is 79.9. The van der Waals surface area contributed by atoms with Crippen molar-refractivity contribution >= 4 is 21.8 Å². The Bertz CT molecular complexity index is 400. The predicted molar refractivity (Wildman–Crippen MR) is 78.0 cm³/mol. The highest BCUT2D eigenvalue weighted by Gasteiger charge is 2.50. The molecular weight excluding hydrogens is 290 g/mol. The number of hydrogen-bond donors (Lipinski definition) is 1. The molecule has 1 N–H and O–H groups in total. The molecule has 0 spiro atoms. The van der Waals surface area contributed by atoms with Crippen LogP contribution in [-0.4, -0.2) is 17.3 Å². The lowest BCUT2D eigenvalue weighted by atomic mass is 9.95. The third-order valence-electron chi connectivity index (χ3n) is 3.60. The molecule has 1 unspecified atom stereocenters. The van der Waals surface area contributed by atoms with Gasteiger partial charge in [-0.15, -0.1) is 0 Å². The molecule has 1 atom stereocenters. The van der Waals surface area contributed by atoms with Crippen molar-refractivity contribution in [3.8, 4) is 0 Å². The number of amides is 1. The van der Waals surface area contributed by atoms with Crippen LogP contribution in [0.25, 0.3) is 0 Å². The normalized spacial score (nSPS) is 18.1. The first-order valence-corrected chi connectivity index (χ1v) is 7.58. The van der Waals surface area contributed by atoms with E-state index in [0.29, 0.717) is 4.83 Å². The van der Waals surface area contributed by atoms with Gasteiger partial charge in [-0.05, 0) is 24.8 Å². The zero-order valence-electron chi connectivity index (χ0n) is 10.8. The second kappa shape index (κ2) is 5.87. The fraction of sp³-hybridized carbons (Fsp3) is 0.533. The van der Waals surface area contributed by atoms with E-state index in [1.165, 1.54) is 0 Å². The summed E-state index contributed by atoms with van der Waals surface area (Å²) in [5, 5.41) is 3.08. The molecule has 1 aliphatic carbocycles. The van der Waals surface area contributed by atoms with Crippen LogP contribution in [0.15, 0.2) is 30.3 Å². The molecular formula is C15H20BrNO. The summed E-state index contributed by atoms with van der Waals surface area (Å²) in [5.74, 6) is 0.189. The van der Waals surface area contributed by atoms with Crippen molar-refractivity contribution in [3.63, 3.8) is 0 Å². The fourth-order valence-corrected chi connectivity index (χ4v) is 2.94. The van der Waals surface area contributed by atoms with Gasteiger partial charge in [0.15, 0.2) is 0 Å². The van der Waals surface area contributed by atoms with Crippen LogP contribution in [0.1, 0.15) is 38.2 Å². The molecule has 1 amide bonds. The Morgan fingerprint density at radius 1 is 1.39 bits per heavy atom. The summed E-state index contributed by atoms with van der Waals surface area (Å²) < 4.78 is 0. The second-order valence-corrected chi connectivity index (χ2v) is 6.34. The van der Waals surface area contributed by atoms with Crippen molar-refractivity contribution in [2.24, 2.45) is 0 Å². The number of rotatable bonds is 6. The monoisotopic (exact) mass is 309 g/mol. The minimum absolute atomic E-state index is 0.189. The maximum Gasteiger partial charge on any atom is 0.230 e. The van der Waals surface area contributed by atoms with E-state index in [2.05, 4.69) is 40.3 Å². The minimum Gasteiger partial charge on any atom is -0.354 e. The van der Waals surface area contributed by atoms with Crippen molar-refractivity contribution in [2.75, 3.05) is 6.54 Å². The van der Waals surface area contributed by atoms with Gasteiger partial charge in [-0.3, -0.25) is 4.79 Å². The summed E-state index contributed by atoms with van der Waals surface area (Å²) in [7, 11) is 0. The van der Waals surface area contributed by atoms with E-state index in [0.717, 1.165) is 37.8 Å². The second-order valence-electron chi connectivity index (χ2n) is 5.04. The quantitative estimate of drug-likeness (QED) is 0.802. The highest BCUT2D eigenvalue weighted by molar-refractivity contribution is 9.09. The number of halogens is 1. The van der Waals surface area contributed by atoms with Crippen molar-refractivity contribution in [2.45, 2.75) is 42.8 Å². The van der Waals surface area contributed by atoms with E-state index in [1.807, 2.05) is 18.2 Å². The van der Waals surface area contributed by atoms with Gasteiger partial charge >= 0.3 is 0 Å². The van der Waals surface area contributed by atoms with Crippen LogP contribution >= 0.6 is 15.9 Å². The lowest BCUT2D eigenvalue weighted by Crippen LogP contribution is -2.37. The maximum atomic E-state index is 12.3. The smallest absolute Gasteiger partial charge is 0.230 e. The van der Waals surface area contributed by atoms with Crippen LogP contribution in [0.3, 0.4) is 0 Å². The molecule has 98 valence electrons. The highest BCUT2D eigenvalue weighted by Crippen LogP contribution is 2.48.